The number of rotatable bonds is 4. The maximum absolute atomic E-state index is 11.7. The topological polar surface area (TPSA) is 93.7 Å². The Bertz CT molecular complexity index is 606. The fraction of sp³-hybridized carbons (Fsp3) is 0.0833. The molecule has 0 fully saturated rings. The van der Waals surface area contributed by atoms with E-state index < -0.39 is 0 Å². The van der Waals surface area contributed by atoms with E-state index in [1.54, 1.807) is 7.05 Å². The third-order valence-electron chi connectivity index (χ3n) is 2.37. The van der Waals surface area contributed by atoms with Crippen molar-refractivity contribution in [3.8, 4) is 0 Å². The number of para-hydroxylation sites is 1. The fourth-order valence-corrected chi connectivity index (χ4v) is 1.55. The van der Waals surface area contributed by atoms with Crippen molar-refractivity contribution in [3.63, 3.8) is 0 Å². The van der Waals surface area contributed by atoms with Crippen LogP contribution < -0.4 is 16.2 Å². The highest BCUT2D eigenvalue weighted by Gasteiger charge is 2.07. The van der Waals surface area contributed by atoms with Crippen molar-refractivity contribution < 1.29 is 0 Å². The second kappa shape index (κ2) is 5.13. The summed E-state index contributed by atoms with van der Waals surface area (Å²) in [5.41, 5.74) is 1.07. The molecule has 2 aromatic rings. The molecule has 18 heavy (non-hydrogen) atoms. The smallest absolute Gasteiger partial charge is 0.276 e. The molecule has 0 atom stereocenters. The van der Waals surface area contributed by atoms with E-state index in [0.717, 1.165) is 11.9 Å². The number of aromatic nitrogens is 2. The minimum Gasteiger partial charge on any atom is -0.382 e. The molecule has 0 bridgehead atoms. The molecule has 4 N–H and O–H groups in total. The minimum atomic E-state index is -0.315. The maximum Gasteiger partial charge on any atom is 0.276 e. The Kier molecular flexibility index (Phi) is 3.38. The van der Waals surface area contributed by atoms with Crippen molar-refractivity contribution >= 4 is 23.5 Å². The highest BCUT2D eigenvalue weighted by atomic mass is 16.1. The number of nitrogens with one attached hydrogen (secondary N) is 4. The Balaban J connectivity index is 2.38. The molecule has 0 radical (unpaired) electrons. The molecule has 2 rings (SSSR count). The van der Waals surface area contributed by atoms with Gasteiger partial charge >= 0.3 is 0 Å². The molecule has 0 spiro atoms. The lowest BCUT2D eigenvalue weighted by Gasteiger charge is -2.08. The summed E-state index contributed by atoms with van der Waals surface area (Å²) >= 11 is 0. The number of H-pyrrole nitrogens is 1. The molecular weight excluding hydrogens is 230 g/mol. The second-order valence-electron chi connectivity index (χ2n) is 3.56. The standard InChI is InChI=1S/C12H13N5O/c1-14-10-9(7-13)16-12(17-11(10)18)15-8-5-3-2-4-6-8/h2-7,13-14H,1H3,(H2,15,16,17,18). The summed E-state index contributed by atoms with van der Waals surface area (Å²) in [5, 5.41) is 12.9. The van der Waals surface area contributed by atoms with Gasteiger partial charge in [0.1, 0.15) is 11.4 Å². The number of benzene rings is 1. The van der Waals surface area contributed by atoms with Gasteiger partial charge in [0.05, 0.1) is 0 Å². The number of hydrogen-bond acceptors (Lipinski definition) is 5. The minimum absolute atomic E-state index is 0.281. The Morgan fingerprint density at radius 1 is 1.33 bits per heavy atom. The summed E-state index contributed by atoms with van der Waals surface area (Å²) in [6.07, 6.45) is 1.04. The lowest BCUT2D eigenvalue weighted by Crippen LogP contribution is -2.18. The van der Waals surface area contributed by atoms with Crippen LogP contribution in [0.1, 0.15) is 5.69 Å². The van der Waals surface area contributed by atoms with E-state index in [4.69, 9.17) is 5.41 Å². The van der Waals surface area contributed by atoms with Crippen LogP contribution in [0.15, 0.2) is 35.1 Å². The van der Waals surface area contributed by atoms with E-state index in [2.05, 4.69) is 20.6 Å². The molecule has 1 aromatic heterocycles. The molecule has 1 heterocycles. The molecule has 0 aliphatic carbocycles. The molecule has 6 heteroatoms. The summed E-state index contributed by atoms with van der Waals surface area (Å²) in [7, 11) is 1.61. The van der Waals surface area contributed by atoms with Crippen LogP contribution in [0, 0.1) is 5.41 Å². The van der Waals surface area contributed by atoms with E-state index in [9.17, 15) is 4.79 Å². The van der Waals surface area contributed by atoms with Crippen molar-refractivity contribution in [3.05, 3.63) is 46.4 Å². The van der Waals surface area contributed by atoms with Gasteiger partial charge in [0.25, 0.3) is 5.56 Å². The predicted octanol–water partition coefficient (Wildman–Crippen LogP) is 1.55. The second-order valence-corrected chi connectivity index (χ2v) is 3.56. The van der Waals surface area contributed by atoms with Gasteiger partial charge in [-0.25, -0.2) is 4.98 Å². The Morgan fingerprint density at radius 3 is 2.67 bits per heavy atom. The Labute approximate surface area is 104 Å². The third kappa shape index (κ3) is 2.37. The Morgan fingerprint density at radius 2 is 2.06 bits per heavy atom. The van der Waals surface area contributed by atoms with Gasteiger partial charge in [-0.2, -0.15) is 0 Å². The van der Waals surface area contributed by atoms with Crippen molar-refractivity contribution in [1.82, 2.24) is 9.97 Å². The summed E-state index contributed by atoms with van der Waals surface area (Å²) in [5.74, 6) is 0.309. The van der Waals surface area contributed by atoms with Crippen LogP contribution in [0.2, 0.25) is 0 Å². The first-order valence-corrected chi connectivity index (χ1v) is 5.39. The van der Waals surface area contributed by atoms with Crippen LogP contribution in [0.25, 0.3) is 0 Å². The van der Waals surface area contributed by atoms with Gasteiger partial charge in [0, 0.05) is 18.9 Å². The molecule has 92 valence electrons. The van der Waals surface area contributed by atoms with Gasteiger partial charge < -0.3 is 16.0 Å². The quantitative estimate of drug-likeness (QED) is 0.613. The van der Waals surface area contributed by atoms with E-state index in [1.165, 1.54) is 0 Å². The predicted molar refractivity (Wildman–Crippen MR) is 72.0 cm³/mol. The van der Waals surface area contributed by atoms with E-state index in [0.29, 0.717) is 11.6 Å². The lowest BCUT2D eigenvalue weighted by atomic mass is 10.3. The number of hydrogen-bond donors (Lipinski definition) is 4. The van der Waals surface area contributed by atoms with Gasteiger partial charge in [0.2, 0.25) is 5.95 Å². The fourth-order valence-electron chi connectivity index (χ4n) is 1.55. The summed E-state index contributed by atoms with van der Waals surface area (Å²) in [4.78, 5) is 18.5. The summed E-state index contributed by atoms with van der Waals surface area (Å²) in [6.45, 7) is 0. The molecule has 0 amide bonds. The van der Waals surface area contributed by atoms with Crippen molar-refractivity contribution in [2.45, 2.75) is 0 Å². The molecule has 0 saturated heterocycles. The maximum atomic E-state index is 11.7. The van der Waals surface area contributed by atoms with Crippen LogP contribution in [0.4, 0.5) is 17.3 Å². The first-order valence-electron chi connectivity index (χ1n) is 5.39. The van der Waals surface area contributed by atoms with E-state index in [-0.39, 0.29) is 11.2 Å². The molecule has 6 nitrogen and oxygen atoms in total. The van der Waals surface area contributed by atoms with Crippen LogP contribution in [-0.4, -0.2) is 23.2 Å². The van der Waals surface area contributed by atoms with Gasteiger partial charge in [0.15, 0.2) is 0 Å². The zero-order valence-electron chi connectivity index (χ0n) is 9.82. The molecule has 0 saturated carbocycles. The van der Waals surface area contributed by atoms with Crippen molar-refractivity contribution in [2.75, 3.05) is 17.7 Å². The highest BCUT2D eigenvalue weighted by molar-refractivity contribution is 5.83. The van der Waals surface area contributed by atoms with Crippen LogP contribution in [0.3, 0.4) is 0 Å². The number of nitrogens with zero attached hydrogens (tertiary/aromatic N) is 1. The van der Waals surface area contributed by atoms with Crippen molar-refractivity contribution in [2.24, 2.45) is 0 Å². The normalized spacial score (nSPS) is 9.83. The SMILES string of the molecule is CNc1c(C=N)nc(Nc2ccccc2)[nH]c1=O. The molecular formula is C12H13N5O. The van der Waals surface area contributed by atoms with E-state index in [1.807, 2.05) is 30.3 Å². The lowest BCUT2D eigenvalue weighted by molar-refractivity contribution is 1.11. The zero-order chi connectivity index (χ0) is 13.0. The van der Waals surface area contributed by atoms with Gasteiger partial charge in [-0.3, -0.25) is 9.78 Å². The van der Waals surface area contributed by atoms with Crippen LogP contribution >= 0.6 is 0 Å². The van der Waals surface area contributed by atoms with Gasteiger partial charge in [-0.05, 0) is 12.1 Å². The number of anilines is 3. The van der Waals surface area contributed by atoms with E-state index >= 15 is 0 Å². The largest absolute Gasteiger partial charge is 0.382 e. The average molecular weight is 243 g/mol. The van der Waals surface area contributed by atoms with Crippen LogP contribution in [-0.2, 0) is 0 Å². The van der Waals surface area contributed by atoms with Crippen molar-refractivity contribution in [1.29, 1.82) is 5.41 Å². The Hall–Kier alpha value is -2.63. The number of aromatic amines is 1. The first kappa shape index (κ1) is 11.8. The molecule has 0 unspecified atom stereocenters. The monoisotopic (exact) mass is 243 g/mol. The highest BCUT2D eigenvalue weighted by Crippen LogP contribution is 2.12. The van der Waals surface area contributed by atoms with Crippen LogP contribution in [0.5, 0.6) is 0 Å². The average Bonchev–Trinajstić information content (AvgIpc) is 2.39. The van der Waals surface area contributed by atoms with Gasteiger partial charge in [-0.1, -0.05) is 18.2 Å². The summed E-state index contributed by atoms with van der Waals surface area (Å²) < 4.78 is 0. The molecule has 0 aliphatic rings. The first-order chi connectivity index (χ1) is 8.74. The zero-order valence-corrected chi connectivity index (χ0v) is 9.82. The molecule has 0 aliphatic heterocycles. The molecule has 1 aromatic carbocycles. The summed E-state index contributed by atoms with van der Waals surface area (Å²) in [6, 6.07) is 9.36. The third-order valence-corrected chi connectivity index (χ3v) is 2.37. The van der Waals surface area contributed by atoms with Gasteiger partial charge in [-0.15, -0.1) is 0 Å².